The van der Waals surface area contributed by atoms with Gasteiger partial charge in [-0.1, -0.05) is 6.07 Å². The van der Waals surface area contributed by atoms with Gasteiger partial charge in [-0.3, -0.25) is 19.3 Å². The highest BCUT2D eigenvalue weighted by Crippen LogP contribution is 2.29. The van der Waals surface area contributed by atoms with Crippen LogP contribution in [0.2, 0.25) is 0 Å². The molecule has 3 N–H and O–H groups in total. The lowest BCUT2D eigenvalue weighted by Crippen LogP contribution is -2.50. The molecule has 12 heteroatoms. The summed E-state index contributed by atoms with van der Waals surface area (Å²) in [5.74, 6) is -1.48. The van der Waals surface area contributed by atoms with Crippen LogP contribution in [0, 0.1) is 11.3 Å². The van der Waals surface area contributed by atoms with Crippen molar-refractivity contribution in [2.45, 2.75) is 19.0 Å². The first-order valence-electron chi connectivity index (χ1n) is 13.0. The molecule has 0 aliphatic carbocycles. The number of nitrogens with one attached hydrogen (secondary N) is 1. The predicted octanol–water partition coefficient (Wildman–Crippen LogP) is 2.33. The third-order valence-electron chi connectivity index (χ3n) is 6.73. The molecule has 2 saturated heterocycles. The van der Waals surface area contributed by atoms with Gasteiger partial charge in [-0.25, -0.2) is 0 Å². The van der Waals surface area contributed by atoms with Crippen LogP contribution in [0.25, 0.3) is 0 Å². The third kappa shape index (κ3) is 9.36. The van der Waals surface area contributed by atoms with Gasteiger partial charge in [0, 0.05) is 50.4 Å². The van der Waals surface area contributed by atoms with Crippen molar-refractivity contribution in [1.82, 2.24) is 20.0 Å². The molecule has 0 radical (unpaired) electrons. The van der Waals surface area contributed by atoms with E-state index in [0.29, 0.717) is 17.2 Å². The smallest absolute Gasteiger partial charge is 0.368 e. The average molecular weight is 559 g/mol. The molecule has 4 rings (SSSR count). The van der Waals surface area contributed by atoms with Gasteiger partial charge < -0.3 is 20.9 Å². The molecule has 0 unspecified atom stereocenters. The molecular weight excluding hydrogens is 525 g/mol. The Morgan fingerprint density at radius 1 is 0.875 bits per heavy atom. The lowest BCUT2D eigenvalue weighted by molar-refractivity contribution is -0.137. The number of piperazine rings is 1. The highest BCUT2D eigenvalue weighted by atomic mass is 19.4. The van der Waals surface area contributed by atoms with Crippen molar-refractivity contribution < 1.29 is 27.6 Å². The monoisotopic (exact) mass is 558 g/mol. The molecule has 214 valence electrons. The maximum atomic E-state index is 12.5. The van der Waals surface area contributed by atoms with Crippen LogP contribution < -0.4 is 11.1 Å². The number of amides is 3. The topological polar surface area (TPSA) is 123 Å². The summed E-state index contributed by atoms with van der Waals surface area (Å²) in [6.07, 6.45) is -1.83. The summed E-state index contributed by atoms with van der Waals surface area (Å²) in [6.45, 7) is 7.83. The number of carbonyl (C=O) groups is 3. The fourth-order valence-corrected chi connectivity index (χ4v) is 4.44. The van der Waals surface area contributed by atoms with Crippen LogP contribution >= 0.6 is 0 Å². The van der Waals surface area contributed by atoms with Gasteiger partial charge in [0.1, 0.15) is 0 Å². The molecule has 3 amide bonds. The number of nitrogens with zero attached hydrogens (tertiary/aromatic N) is 4. The molecule has 2 fully saturated rings. The number of hydrogen-bond acceptors (Lipinski definition) is 6. The van der Waals surface area contributed by atoms with Crippen LogP contribution in [-0.4, -0.2) is 91.3 Å². The van der Waals surface area contributed by atoms with Gasteiger partial charge in [0.15, 0.2) is 0 Å². The normalized spacial score (nSPS) is 16.0. The van der Waals surface area contributed by atoms with E-state index in [1.54, 1.807) is 24.3 Å². The molecule has 0 atom stereocenters. The maximum Gasteiger partial charge on any atom is 0.416 e. The van der Waals surface area contributed by atoms with Crippen molar-refractivity contribution in [1.29, 1.82) is 5.26 Å². The summed E-state index contributed by atoms with van der Waals surface area (Å²) < 4.78 is 37.0. The summed E-state index contributed by atoms with van der Waals surface area (Å²) in [4.78, 5) is 41.1. The van der Waals surface area contributed by atoms with Crippen molar-refractivity contribution in [3.05, 3.63) is 70.8 Å². The maximum absolute atomic E-state index is 12.5. The zero-order chi connectivity index (χ0) is 29.1. The van der Waals surface area contributed by atoms with Gasteiger partial charge >= 0.3 is 6.18 Å². The second-order valence-electron chi connectivity index (χ2n) is 9.60. The van der Waals surface area contributed by atoms with Gasteiger partial charge in [0.25, 0.3) is 11.8 Å². The second-order valence-corrected chi connectivity index (χ2v) is 9.60. The zero-order valence-electron chi connectivity index (χ0n) is 22.1. The van der Waals surface area contributed by atoms with E-state index in [0.717, 1.165) is 51.4 Å². The van der Waals surface area contributed by atoms with E-state index in [9.17, 15) is 27.6 Å². The highest BCUT2D eigenvalue weighted by Gasteiger charge is 2.31. The Morgan fingerprint density at radius 3 is 2.02 bits per heavy atom. The zero-order valence-corrected chi connectivity index (χ0v) is 22.1. The molecule has 2 aromatic carbocycles. The molecule has 2 heterocycles. The number of hydrogen-bond donors (Lipinski definition) is 2. The molecule has 40 heavy (non-hydrogen) atoms. The lowest BCUT2D eigenvalue weighted by Gasteiger charge is -2.35. The largest absolute Gasteiger partial charge is 0.416 e. The Morgan fingerprint density at radius 2 is 1.48 bits per heavy atom. The van der Waals surface area contributed by atoms with Crippen LogP contribution in [0.5, 0.6) is 0 Å². The van der Waals surface area contributed by atoms with Crippen LogP contribution in [0.4, 0.5) is 13.2 Å². The van der Waals surface area contributed by atoms with Gasteiger partial charge in [0.2, 0.25) is 5.91 Å². The first kappa shape index (κ1) is 30.6. The van der Waals surface area contributed by atoms with Gasteiger partial charge in [-0.05, 0) is 68.4 Å². The molecule has 2 aromatic rings. The minimum Gasteiger partial charge on any atom is -0.368 e. The first-order valence-corrected chi connectivity index (χ1v) is 13.0. The summed E-state index contributed by atoms with van der Waals surface area (Å²) in [6, 6.07) is 12.9. The molecule has 9 nitrogen and oxygen atoms in total. The summed E-state index contributed by atoms with van der Waals surface area (Å²) >= 11 is 0. The Bertz CT molecular complexity index is 1200. The molecule has 0 bridgehead atoms. The first-order chi connectivity index (χ1) is 19.1. The minimum atomic E-state index is -4.51. The van der Waals surface area contributed by atoms with Crippen LogP contribution in [0.3, 0.4) is 0 Å². The minimum absolute atomic E-state index is 0.0775. The molecular formula is C28H33F3N6O3. The number of primary amides is 1. The highest BCUT2D eigenvalue weighted by molar-refractivity contribution is 5.96. The average Bonchev–Trinajstić information content (AvgIpc) is 3.48. The number of halogens is 3. The fraction of sp³-hybridized carbons (Fsp3) is 0.429. The number of nitrogens with two attached hydrogens (primary N) is 1. The van der Waals surface area contributed by atoms with Crippen molar-refractivity contribution in [2.75, 3.05) is 58.9 Å². The summed E-state index contributed by atoms with van der Waals surface area (Å²) in [5.41, 5.74) is 4.94. The summed E-state index contributed by atoms with van der Waals surface area (Å²) in [7, 11) is 0. The second kappa shape index (κ2) is 14.4. The molecule has 0 saturated carbocycles. The standard InChI is InChI=1S/C18H24N4O.C10H9F3N2O2/c19-15-16-3-5-17(6-4-16)18(23)22-13-11-21(12-14-22)10-9-20-7-1-2-8-20;11-10(12,13)7-3-1-2-6(4-7)9(17)15-5-8(14)16/h3-6H,1-2,7-14H2;1-4H,5H2,(H2,14,16)(H,15,17). The van der Waals surface area contributed by atoms with Crippen molar-refractivity contribution >= 4 is 17.7 Å². The summed E-state index contributed by atoms with van der Waals surface area (Å²) in [5, 5.41) is 10.9. The molecule has 2 aliphatic heterocycles. The van der Waals surface area contributed by atoms with Crippen molar-refractivity contribution in [2.24, 2.45) is 5.73 Å². The van der Waals surface area contributed by atoms with Gasteiger partial charge in [-0.15, -0.1) is 0 Å². The van der Waals surface area contributed by atoms with E-state index in [1.807, 2.05) is 4.90 Å². The third-order valence-corrected chi connectivity index (χ3v) is 6.73. The van der Waals surface area contributed by atoms with E-state index in [1.165, 1.54) is 32.0 Å². The quantitative estimate of drug-likeness (QED) is 0.538. The molecule has 2 aliphatic rings. The molecule has 0 aromatic heterocycles. The number of carbonyl (C=O) groups excluding carboxylic acids is 3. The van der Waals surface area contributed by atoms with E-state index < -0.39 is 30.1 Å². The van der Waals surface area contributed by atoms with Crippen LogP contribution in [-0.2, 0) is 11.0 Å². The van der Waals surface area contributed by atoms with E-state index in [4.69, 9.17) is 11.0 Å². The Hall–Kier alpha value is -3.95. The number of alkyl halides is 3. The lowest BCUT2D eigenvalue weighted by atomic mass is 10.1. The number of rotatable bonds is 7. The number of likely N-dealkylation sites (tertiary alicyclic amines) is 1. The van der Waals surface area contributed by atoms with Crippen molar-refractivity contribution in [3.8, 4) is 6.07 Å². The SMILES string of the molecule is N#Cc1ccc(C(=O)N2CCN(CCN3CCCC3)CC2)cc1.NC(=O)CNC(=O)c1cccc(C(F)(F)F)c1. The van der Waals surface area contributed by atoms with E-state index >= 15 is 0 Å². The van der Waals surface area contributed by atoms with E-state index in [2.05, 4.69) is 21.2 Å². The van der Waals surface area contributed by atoms with Crippen molar-refractivity contribution in [3.63, 3.8) is 0 Å². The van der Waals surface area contributed by atoms with Crippen LogP contribution in [0.1, 0.15) is 44.7 Å². The van der Waals surface area contributed by atoms with Gasteiger partial charge in [-0.2, -0.15) is 18.4 Å². The Labute approximate surface area is 231 Å². The predicted molar refractivity (Wildman–Crippen MR) is 142 cm³/mol. The number of benzene rings is 2. The molecule has 0 spiro atoms. The fourth-order valence-electron chi connectivity index (χ4n) is 4.44. The Kier molecular flexibility index (Phi) is 11.0. The van der Waals surface area contributed by atoms with E-state index in [-0.39, 0.29) is 11.5 Å². The number of nitriles is 1. The van der Waals surface area contributed by atoms with Crippen LogP contribution in [0.15, 0.2) is 48.5 Å². The Balaban J connectivity index is 0.000000232. The van der Waals surface area contributed by atoms with Gasteiger partial charge in [0.05, 0.1) is 23.7 Å².